The number of halogens is 1. The third-order valence-electron chi connectivity index (χ3n) is 4.16. The first kappa shape index (κ1) is 14.9. The maximum absolute atomic E-state index is 12.9. The molecule has 0 radical (unpaired) electrons. The second kappa shape index (κ2) is 5.64. The molecule has 0 amide bonds. The fraction of sp³-hybridized carbons (Fsp3) is 0.571. The lowest BCUT2D eigenvalue weighted by Crippen LogP contribution is -2.57. The predicted octanol–water partition coefficient (Wildman–Crippen LogP) is 1.07. The lowest BCUT2D eigenvalue weighted by molar-refractivity contribution is -0.0708. The Balaban J connectivity index is 1.78. The molecule has 7 heteroatoms. The van der Waals surface area contributed by atoms with E-state index in [0.29, 0.717) is 6.54 Å². The maximum Gasteiger partial charge on any atom is 0.238 e. The Bertz CT molecular complexity index is 597. The zero-order valence-corrected chi connectivity index (χ0v) is 12.5. The molecule has 0 aliphatic carbocycles. The van der Waals surface area contributed by atoms with Gasteiger partial charge in [-0.15, -0.1) is 0 Å². The highest BCUT2D eigenvalue weighted by molar-refractivity contribution is 7.88. The summed E-state index contributed by atoms with van der Waals surface area (Å²) in [4.78, 5) is 0. The molecule has 2 saturated heterocycles. The van der Waals surface area contributed by atoms with Crippen molar-refractivity contribution in [3.05, 3.63) is 35.6 Å². The zero-order valence-electron chi connectivity index (χ0n) is 11.7. The van der Waals surface area contributed by atoms with Gasteiger partial charge in [-0.05, 0) is 43.6 Å². The Morgan fingerprint density at radius 2 is 1.90 bits per heavy atom. The van der Waals surface area contributed by atoms with Gasteiger partial charge in [0.25, 0.3) is 0 Å². The summed E-state index contributed by atoms with van der Waals surface area (Å²) in [5, 5.41) is 3.26. The summed E-state index contributed by atoms with van der Waals surface area (Å²) in [6.45, 7) is 2.31. The fourth-order valence-electron chi connectivity index (χ4n) is 2.87. The van der Waals surface area contributed by atoms with Crippen LogP contribution in [0.1, 0.15) is 18.4 Å². The van der Waals surface area contributed by atoms with Crippen molar-refractivity contribution in [2.45, 2.75) is 25.0 Å². The molecule has 5 nitrogen and oxygen atoms in total. The third-order valence-corrected chi connectivity index (χ3v) is 5.62. The number of hydrogen-bond acceptors (Lipinski definition) is 4. The van der Waals surface area contributed by atoms with Crippen LogP contribution in [0.3, 0.4) is 0 Å². The molecular weight excluding hydrogens is 295 g/mol. The molecule has 0 unspecified atom stereocenters. The van der Waals surface area contributed by atoms with Crippen LogP contribution in [0.4, 0.5) is 4.39 Å². The van der Waals surface area contributed by atoms with Crippen LogP contribution in [0.25, 0.3) is 0 Å². The molecular formula is C14H19FN2O3S. The number of ether oxygens (including phenoxy) is 1. The largest absolute Gasteiger partial charge is 0.356 e. The summed E-state index contributed by atoms with van der Waals surface area (Å²) in [5.41, 5.74) is 0.405. The molecule has 21 heavy (non-hydrogen) atoms. The van der Waals surface area contributed by atoms with Crippen LogP contribution in [-0.2, 0) is 21.3 Å². The van der Waals surface area contributed by atoms with Crippen LogP contribution in [0.5, 0.6) is 0 Å². The van der Waals surface area contributed by atoms with Crippen LogP contribution in [0.2, 0.25) is 0 Å². The van der Waals surface area contributed by atoms with Crippen molar-refractivity contribution in [3.63, 3.8) is 0 Å². The van der Waals surface area contributed by atoms with Gasteiger partial charge in [-0.2, -0.15) is 4.31 Å². The lowest BCUT2D eigenvalue weighted by Gasteiger charge is -2.44. The van der Waals surface area contributed by atoms with Crippen LogP contribution in [0.15, 0.2) is 24.3 Å². The monoisotopic (exact) mass is 314 g/mol. The number of hydrogen-bond donors (Lipinski definition) is 1. The summed E-state index contributed by atoms with van der Waals surface area (Å²) in [6.07, 6.45) is 1.62. The Morgan fingerprint density at radius 1 is 1.24 bits per heavy atom. The Kier molecular flexibility index (Phi) is 4.00. The van der Waals surface area contributed by atoms with E-state index >= 15 is 0 Å². The predicted molar refractivity (Wildman–Crippen MR) is 76.5 cm³/mol. The number of benzene rings is 1. The average molecular weight is 314 g/mol. The van der Waals surface area contributed by atoms with E-state index in [2.05, 4.69) is 5.32 Å². The van der Waals surface area contributed by atoms with Crippen molar-refractivity contribution in [2.24, 2.45) is 0 Å². The quantitative estimate of drug-likeness (QED) is 0.887. The summed E-state index contributed by atoms with van der Waals surface area (Å²) in [6, 6.07) is 5.94. The van der Waals surface area contributed by atoms with Crippen LogP contribution in [0, 0.1) is 5.82 Å². The molecule has 116 valence electrons. The van der Waals surface area contributed by atoms with E-state index in [-0.39, 0.29) is 23.9 Å². The molecule has 2 aliphatic heterocycles. The van der Waals surface area contributed by atoms with Crippen LogP contribution >= 0.6 is 0 Å². The maximum atomic E-state index is 12.9. The zero-order chi connectivity index (χ0) is 14.9. The summed E-state index contributed by atoms with van der Waals surface area (Å²) >= 11 is 0. The Labute approximate surface area is 124 Å². The van der Waals surface area contributed by atoms with Gasteiger partial charge in [-0.25, -0.2) is 12.8 Å². The van der Waals surface area contributed by atoms with Crippen molar-refractivity contribution in [1.82, 2.24) is 9.62 Å². The van der Waals surface area contributed by atoms with Crippen molar-refractivity contribution >= 4 is 10.0 Å². The Hall–Kier alpha value is -1.02. The van der Waals surface area contributed by atoms with Gasteiger partial charge < -0.3 is 10.1 Å². The molecule has 0 aromatic heterocycles. The molecule has 2 fully saturated rings. The summed E-state index contributed by atoms with van der Waals surface area (Å²) in [7, 11) is -3.41. The first-order valence-corrected chi connectivity index (χ1v) is 8.67. The molecule has 1 aromatic carbocycles. The molecule has 0 bridgehead atoms. The third kappa shape index (κ3) is 3.26. The highest BCUT2D eigenvalue weighted by Crippen LogP contribution is 2.31. The number of piperidine rings is 1. The van der Waals surface area contributed by atoms with E-state index in [1.165, 1.54) is 16.4 Å². The normalized spacial score (nSPS) is 25.0. The van der Waals surface area contributed by atoms with Gasteiger partial charge in [0, 0.05) is 13.1 Å². The van der Waals surface area contributed by atoms with Gasteiger partial charge in [0.2, 0.25) is 10.0 Å². The van der Waals surface area contributed by atoms with E-state index in [0.717, 1.165) is 31.5 Å². The first-order chi connectivity index (χ1) is 9.99. The minimum absolute atomic E-state index is 0.265. The molecule has 0 saturated carbocycles. The first-order valence-electron chi connectivity index (χ1n) is 7.06. The van der Waals surface area contributed by atoms with E-state index < -0.39 is 10.0 Å². The molecule has 1 N–H and O–H groups in total. The number of sulfonamides is 1. The average Bonchev–Trinajstić information content (AvgIpc) is 2.47. The number of nitrogens with zero attached hydrogens (tertiary/aromatic N) is 1. The minimum atomic E-state index is -3.41. The van der Waals surface area contributed by atoms with Crippen LogP contribution < -0.4 is 5.32 Å². The van der Waals surface area contributed by atoms with Gasteiger partial charge in [-0.3, -0.25) is 0 Å². The molecule has 1 spiro atoms. The second-order valence-corrected chi connectivity index (χ2v) is 7.62. The van der Waals surface area contributed by atoms with Crippen molar-refractivity contribution in [1.29, 1.82) is 0 Å². The molecule has 0 atom stereocenters. The SMILES string of the molecule is O=S1(=O)COC2(CCNCC2)CN1Cc1ccc(F)cc1. The molecule has 2 aliphatic rings. The highest BCUT2D eigenvalue weighted by atomic mass is 32.2. The minimum Gasteiger partial charge on any atom is -0.356 e. The smallest absolute Gasteiger partial charge is 0.238 e. The van der Waals surface area contributed by atoms with Gasteiger partial charge in [0.05, 0.1) is 5.60 Å². The van der Waals surface area contributed by atoms with Gasteiger partial charge >= 0.3 is 0 Å². The summed E-state index contributed by atoms with van der Waals surface area (Å²) in [5.74, 6) is -0.591. The van der Waals surface area contributed by atoms with E-state index in [4.69, 9.17) is 4.74 Å². The van der Waals surface area contributed by atoms with Gasteiger partial charge in [0.15, 0.2) is 5.94 Å². The van der Waals surface area contributed by atoms with Crippen molar-refractivity contribution in [3.8, 4) is 0 Å². The van der Waals surface area contributed by atoms with E-state index in [1.54, 1.807) is 12.1 Å². The van der Waals surface area contributed by atoms with Gasteiger partial charge in [0.1, 0.15) is 5.82 Å². The fourth-order valence-corrected chi connectivity index (χ4v) is 4.20. The molecule has 1 aromatic rings. The second-order valence-electron chi connectivity index (χ2n) is 5.70. The summed E-state index contributed by atoms with van der Waals surface area (Å²) < 4.78 is 44.5. The van der Waals surface area contributed by atoms with E-state index in [1.807, 2.05) is 0 Å². The molecule has 3 rings (SSSR count). The van der Waals surface area contributed by atoms with Crippen molar-refractivity contribution < 1.29 is 17.5 Å². The van der Waals surface area contributed by atoms with E-state index in [9.17, 15) is 12.8 Å². The van der Waals surface area contributed by atoms with Crippen LogP contribution in [-0.4, -0.2) is 43.9 Å². The topological polar surface area (TPSA) is 58.6 Å². The van der Waals surface area contributed by atoms with Gasteiger partial charge in [-0.1, -0.05) is 12.1 Å². The number of nitrogens with one attached hydrogen (secondary N) is 1. The molecule has 2 heterocycles. The standard InChI is InChI=1S/C14H19FN2O3S/c15-13-3-1-12(2-4-13)9-17-10-14(5-7-16-8-6-14)20-11-21(17,18)19/h1-4,16H,5-11H2. The Morgan fingerprint density at radius 3 is 2.57 bits per heavy atom. The highest BCUT2D eigenvalue weighted by Gasteiger charge is 2.43. The number of rotatable bonds is 2. The lowest BCUT2D eigenvalue weighted by atomic mass is 9.92. The van der Waals surface area contributed by atoms with Crippen molar-refractivity contribution in [2.75, 3.05) is 25.6 Å².